The molecule has 5 heteroatoms. The summed E-state index contributed by atoms with van der Waals surface area (Å²) in [6, 6.07) is 4.72. The molecule has 5 nitrogen and oxygen atoms in total. The van der Waals surface area contributed by atoms with E-state index in [1.165, 1.54) is 45.2 Å². The molecule has 1 aliphatic carbocycles. The lowest BCUT2D eigenvalue weighted by molar-refractivity contribution is -0.0598. The topological polar surface area (TPSA) is 45.7 Å². The Hall–Kier alpha value is -1.46. The number of likely N-dealkylation sites (tertiary alicyclic amines) is 1. The standard InChI is InChI=1S/C21H31N3O2/c1-16(25)17-5-6-21(22-15-17)24-13-9-20(10-14-24)26-19-7-11-23(12-8-19)18-3-2-4-18/h5-6,15,18-20H,2-4,7-14H2,1H3. The van der Waals surface area contributed by atoms with E-state index in [2.05, 4.69) is 14.8 Å². The fraction of sp³-hybridized carbons (Fsp3) is 0.714. The van der Waals surface area contributed by atoms with Crippen molar-refractivity contribution >= 4 is 11.6 Å². The summed E-state index contributed by atoms with van der Waals surface area (Å²) in [5.74, 6) is 1.04. The molecule has 0 bridgehead atoms. The van der Waals surface area contributed by atoms with Crippen molar-refractivity contribution in [3.8, 4) is 0 Å². The van der Waals surface area contributed by atoms with E-state index in [0.29, 0.717) is 17.8 Å². The van der Waals surface area contributed by atoms with Gasteiger partial charge in [-0.3, -0.25) is 4.79 Å². The quantitative estimate of drug-likeness (QED) is 0.757. The molecule has 0 N–H and O–H groups in total. The van der Waals surface area contributed by atoms with Crippen molar-refractivity contribution in [3.63, 3.8) is 0 Å². The smallest absolute Gasteiger partial charge is 0.161 e. The summed E-state index contributed by atoms with van der Waals surface area (Å²) in [7, 11) is 0. The highest BCUT2D eigenvalue weighted by atomic mass is 16.5. The van der Waals surface area contributed by atoms with Gasteiger partial charge in [-0.05, 0) is 57.6 Å². The minimum absolute atomic E-state index is 0.0690. The summed E-state index contributed by atoms with van der Waals surface area (Å²) in [5.41, 5.74) is 0.681. The van der Waals surface area contributed by atoms with Gasteiger partial charge in [-0.15, -0.1) is 0 Å². The van der Waals surface area contributed by atoms with Crippen LogP contribution in [0.1, 0.15) is 62.2 Å². The molecule has 142 valence electrons. The number of aromatic nitrogens is 1. The second kappa shape index (κ2) is 8.05. The molecule has 1 saturated carbocycles. The van der Waals surface area contributed by atoms with Crippen LogP contribution in [0.2, 0.25) is 0 Å². The monoisotopic (exact) mass is 357 g/mol. The maximum absolute atomic E-state index is 11.4. The Bertz CT molecular complexity index is 598. The number of piperidine rings is 2. The average Bonchev–Trinajstić information content (AvgIpc) is 2.63. The second-order valence-electron chi connectivity index (χ2n) is 8.10. The highest BCUT2D eigenvalue weighted by Gasteiger charge is 2.30. The first-order valence-electron chi connectivity index (χ1n) is 10.3. The molecule has 3 fully saturated rings. The molecule has 0 amide bonds. The average molecular weight is 357 g/mol. The van der Waals surface area contributed by atoms with Gasteiger partial charge >= 0.3 is 0 Å². The van der Waals surface area contributed by atoms with Crippen LogP contribution in [0.3, 0.4) is 0 Å². The molecule has 2 aliphatic heterocycles. The lowest BCUT2D eigenvalue weighted by Gasteiger charge is -2.42. The zero-order valence-corrected chi connectivity index (χ0v) is 15.9. The third kappa shape index (κ3) is 4.09. The molecule has 0 unspecified atom stereocenters. The SMILES string of the molecule is CC(=O)c1ccc(N2CCC(OC3CCN(C4CCC4)CC3)CC2)nc1. The first-order valence-corrected chi connectivity index (χ1v) is 10.3. The van der Waals surface area contributed by atoms with E-state index in [1.807, 2.05) is 12.1 Å². The van der Waals surface area contributed by atoms with Crippen LogP contribution in [0.5, 0.6) is 0 Å². The summed E-state index contributed by atoms with van der Waals surface area (Å²) >= 11 is 0. The van der Waals surface area contributed by atoms with E-state index < -0.39 is 0 Å². The van der Waals surface area contributed by atoms with Crippen molar-refractivity contribution in [1.82, 2.24) is 9.88 Å². The van der Waals surface area contributed by atoms with Crippen LogP contribution in [-0.4, -0.2) is 60.1 Å². The van der Waals surface area contributed by atoms with Crippen molar-refractivity contribution in [3.05, 3.63) is 23.9 Å². The molecule has 26 heavy (non-hydrogen) atoms. The number of rotatable bonds is 5. The normalized spacial score (nSPS) is 23.8. The number of anilines is 1. The van der Waals surface area contributed by atoms with Crippen molar-refractivity contribution in [2.75, 3.05) is 31.1 Å². The molecule has 0 atom stereocenters. The first kappa shape index (κ1) is 17.9. The van der Waals surface area contributed by atoms with Crippen LogP contribution in [-0.2, 0) is 4.74 Å². The molecular formula is C21H31N3O2. The van der Waals surface area contributed by atoms with Crippen molar-refractivity contribution in [2.45, 2.75) is 70.1 Å². The minimum atomic E-state index is 0.0690. The van der Waals surface area contributed by atoms with E-state index in [-0.39, 0.29) is 5.78 Å². The summed E-state index contributed by atoms with van der Waals surface area (Å²) in [6.45, 7) is 5.99. The number of pyridine rings is 1. The van der Waals surface area contributed by atoms with Crippen LogP contribution >= 0.6 is 0 Å². The molecule has 1 aromatic rings. The van der Waals surface area contributed by atoms with Gasteiger partial charge in [0, 0.05) is 44.0 Å². The molecular weight excluding hydrogens is 326 g/mol. The number of ether oxygens (including phenoxy) is 1. The number of nitrogens with zero attached hydrogens (tertiary/aromatic N) is 3. The van der Waals surface area contributed by atoms with Gasteiger partial charge in [0.1, 0.15) is 5.82 Å². The fourth-order valence-corrected chi connectivity index (χ4v) is 4.40. The van der Waals surface area contributed by atoms with E-state index in [0.717, 1.165) is 37.8 Å². The van der Waals surface area contributed by atoms with Crippen molar-refractivity contribution in [1.29, 1.82) is 0 Å². The number of ketones is 1. The lowest BCUT2D eigenvalue weighted by Crippen LogP contribution is -2.47. The summed E-state index contributed by atoms with van der Waals surface area (Å²) < 4.78 is 6.43. The maximum atomic E-state index is 11.4. The number of hydrogen-bond acceptors (Lipinski definition) is 5. The van der Waals surface area contributed by atoms with Gasteiger partial charge in [0.25, 0.3) is 0 Å². The van der Waals surface area contributed by atoms with Crippen LogP contribution in [0, 0.1) is 0 Å². The van der Waals surface area contributed by atoms with Gasteiger partial charge in [0.05, 0.1) is 12.2 Å². The summed E-state index contributed by atoms with van der Waals surface area (Å²) in [6.07, 6.45) is 11.3. The fourth-order valence-electron chi connectivity index (χ4n) is 4.40. The number of carbonyl (C=O) groups excluding carboxylic acids is 1. The Morgan fingerprint density at radius 2 is 1.65 bits per heavy atom. The third-order valence-corrected chi connectivity index (χ3v) is 6.37. The molecule has 3 aliphatic rings. The van der Waals surface area contributed by atoms with Gasteiger partial charge in [0.2, 0.25) is 0 Å². The van der Waals surface area contributed by atoms with E-state index in [1.54, 1.807) is 13.1 Å². The van der Waals surface area contributed by atoms with E-state index in [4.69, 9.17) is 4.74 Å². The van der Waals surface area contributed by atoms with Crippen LogP contribution in [0.4, 0.5) is 5.82 Å². The van der Waals surface area contributed by atoms with Gasteiger partial charge in [-0.2, -0.15) is 0 Å². The van der Waals surface area contributed by atoms with E-state index >= 15 is 0 Å². The largest absolute Gasteiger partial charge is 0.375 e. The second-order valence-corrected chi connectivity index (χ2v) is 8.10. The highest BCUT2D eigenvalue weighted by Crippen LogP contribution is 2.29. The van der Waals surface area contributed by atoms with Crippen LogP contribution < -0.4 is 4.90 Å². The Balaban J connectivity index is 1.21. The summed E-state index contributed by atoms with van der Waals surface area (Å²) in [5, 5.41) is 0. The van der Waals surface area contributed by atoms with Crippen LogP contribution in [0.25, 0.3) is 0 Å². The summed E-state index contributed by atoms with van der Waals surface area (Å²) in [4.78, 5) is 20.8. The first-order chi connectivity index (χ1) is 12.7. The Morgan fingerprint density at radius 3 is 2.15 bits per heavy atom. The zero-order chi connectivity index (χ0) is 17.9. The zero-order valence-electron chi connectivity index (χ0n) is 15.9. The van der Waals surface area contributed by atoms with Crippen molar-refractivity contribution < 1.29 is 9.53 Å². The predicted octanol–water partition coefficient (Wildman–Crippen LogP) is 3.29. The molecule has 0 aromatic carbocycles. The molecule has 2 saturated heterocycles. The van der Waals surface area contributed by atoms with Crippen molar-refractivity contribution in [2.24, 2.45) is 0 Å². The van der Waals surface area contributed by atoms with Gasteiger partial charge < -0.3 is 14.5 Å². The van der Waals surface area contributed by atoms with Gasteiger partial charge in [-0.25, -0.2) is 4.98 Å². The van der Waals surface area contributed by atoms with E-state index in [9.17, 15) is 4.79 Å². The number of Topliss-reactive ketones (excluding diaryl/α,β-unsaturated/α-hetero) is 1. The Labute approximate surface area is 156 Å². The maximum Gasteiger partial charge on any atom is 0.161 e. The Morgan fingerprint density at radius 1 is 1.00 bits per heavy atom. The minimum Gasteiger partial charge on any atom is -0.375 e. The van der Waals surface area contributed by atoms with Gasteiger partial charge in [-0.1, -0.05) is 6.42 Å². The predicted molar refractivity (Wildman–Crippen MR) is 103 cm³/mol. The van der Waals surface area contributed by atoms with Crippen LogP contribution in [0.15, 0.2) is 18.3 Å². The molecule has 0 spiro atoms. The molecule has 3 heterocycles. The highest BCUT2D eigenvalue weighted by molar-refractivity contribution is 5.93. The number of hydrogen-bond donors (Lipinski definition) is 0. The third-order valence-electron chi connectivity index (χ3n) is 6.37. The molecule has 1 aromatic heterocycles. The molecule has 4 rings (SSSR count). The Kier molecular flexibility index (Phi) is 5.55. The number of carbonyl (C=O) groups is 1. The lowest BCUT2D eigenvalue weighted by atomic mass is 9.89. The van der Waals surface area contributed by atoms with Gasteiger partial charge in [0.15, 0.2) is 5.78 Å². The molecule has 0 radical (unpaired) electrons.